The molecule has 2 aromatic carbocycles. The summed E-state index contributed by atoms with van der Waals surface area (Å²) >= 11 is 4.22. The molecule has 1 aliphatic rings. The van der Waals surface area contributed by atoms with Crippen molar-refractivity contribution in [1.82, 2.24) is 10.2 Å². The minimum absolute atomic E-state index is 0.0265. The van der Waals surface area contributed by atoms with Gasteiger partial charge < -0.3 is 24.3 Å². The summed E-state index contributed by atoms with van der Waals surface area (Å²) in [6, 6.07) is 12.4. The van der Waals surface area contributed by atoms with E-state index in [0.717, 1.165) is 12.0 Å². The number of hydrogen-bond acceptors (Lipinski definition) is 7. The highest BCUT2D eigenvalue weighted by atomic mass is 127. The SMILES string of the molecule is COC(=O)c1ccc(CN2C(=O)N/C(=C\c3cc(I)c(OCc4cccc(C(=O)O)c4)c(I)c3)C2=O)o1. The number of nitrogens with one attached hydrogen (secondary N) is 1. The number of furan rings is 1. The second-order valence-electron chi connectivity index (χ2n) is 7.74. The fourth-order valence-corrected chi connectivity index (χ4v) is 5.59. The lowest BCUT2D eigenvalue weighted by molar-refractivity contribution is -0.123. The lowest BCUT2D eigenvalue weighted by atomic mass is 10.1. The molecule has 0 spiro atoms. The summed E-state index contributed by atoms with van der Waals surface area (Å²) in [6.07, 6.45) is 1.56. The first kappa shape index (κ1) is 26.7. The van der Waals surface area contributed by atoms with Gasteiger partial charge in [0.1, 0.15) is 23.8 Å². The van der Waals surface area contributed by atoms with Crippen molar-refractivity contribution in [1.29, 1.82) is 0 Å². The summed E-state index contributed by atoms with van der Waals surface area (Å²) < 4.78 is 17.4. The molecular weight excluding hydrogens is 710 g/mol. The molecule has 1 aromatic heterocycles. The normalized spacial score (nSPS) is 14.1. The molecule has 2 N–H and O–H groups in total. The van der Waals surface area contributed by atoms with Crippen molar-refractivity contribution < 1.29 is 38.2 Å². The lowest BCUT2D eigenvalue weighted by Gasteiger charge is -2.12. The van der Waals surface area contributed by atoms with Crippen LogP contribution >= 0.6 is 45.2 Å². The molecule has 3 amide bonds. The minimum atomic E-state index is -1.01. The quantitative estimate of drug-likeness (QED) is 0.148. The molecule has 2 heterocycles. The third kappa shape index (κ3) is 6.12. The maximum Gasteiger partial charge on any atom is 0.373 e. The number of esters is 1. The Labute approximate surface area is 237 Å². The Morgan fingerprint density at radius 1 is 1.11 bits per heavy atom. The maximum absolute atomic E-state index is 12.9. The molecule has 1 fully saturated rings. The standard InChI is InChI=1S/C25H18I2N2O8/c1-35-24(33)20-6-5-16(37-20)11-29-22(30)19(28-25(29)34)10-14-8-17(26)21(18(27)9-14)36-12-13-3-2-4-15(7-13)23(31)32/h2-10H,11-12H2,1H3,(H,28,34)(H,31,32)/b19-10-. The summed E-state index contributed by atoms with van der Waals surface area (Å²) in [5.74, 6) is -1.36. The number of aromatic carboxylic acids is 1. The van der Waals surface area contributed by atoms with E-state index in [2.05, 4.69) is 55.2 Å². The Bertz CT molecular complexity index is 1420. The summed E-state index contributed by atoms with van der Waals surface area (Å²) in [4.78, 5) is 49.0. The number of amides is 3. The van der Waals surface area contributed by atoms with Crippen LogP contribution in [-0.2, 0) is 22.7 Å². The fourth-order valence-electron chi connectivity index (χ4n) is 3.46. The number of methoxy groups -OCH3 is 1. The van der Waals surface area contributed by atoms with Crippen molar-refractivity contribution in [2.24, 2.45) is 0 Å². The number of carboxylic acids is 1. The monoisotopic (exact) mass is 728 g/mol. The highest BCUT2D eigenvalue weighted by molar-refractivity contribution is 14.1. The van der Waals surface area contributed by atoms with Gasteiger partial charge in [-0.1, -0.05) is 12.1 Å². The van der Waals surface area contributed by atoms with Gasteiger partial charge in [0.2, 0.25) is 5.76 Å². The molecule has 1 aliphatic heterocycles. The number of benzene rings is 2. The van der Waals surface area contributed by atoms with Gasteiger partial charge in [0.25, 0.3) is 5.91 Å². The number of ether oxygens (including phenoxy) is 2. The molecule has 0 unspecified atom stereocenters. The van der Waals surface area contributed by atoms with Crippen LogP contribution in [0.25, 0.3) is 6.08 Å². The predicted octanol–water partition coefficient (Wildman–Crippen LogP) is 4.65. The first-order valence-electron chi connectivity index (χ1n) is 10.6. The number of carbonyl (C=O) groups is 4. The summed E-state index contributed by atoms with van der Waals surface area (Å²) in [7, 11) is 1.22. The van der Waals surface area contributed by atoms with Gasteiger partial charge >= 0.3 is 18.0 Å². The topological polar surface area (TPSA) is 135 Å². The van der Waals surface area contributed by atoms with E-state index in [9.17, 15) is 19.2 Å². The van der Waals surface area contributed by atoms with Gasteiger partial charge in [-0.2, -0.15) is 0 Å². The number of imide groups is 1. The van der Waals surface area contributed by atoms with Crippen molar-refractivity contribution in [2.45, 2.75) is 13.2 Å². The van der Waals surface area contributed by atoms with Gasteiger partial charge in [-0.05, 0) is 98.8 Å². The Morgan fingerprint density at radius 2 is 1.84 bits per heavy atom. The molecule has 0 aliphatic carbocycles. The van der Waals surface area contributed by atoms with Crippen LogP contribution in [0.1, 0.15) is 37.8 Å². The molecule has 4 rings (SSSR count). The second kappa shape index (κ2) is 11.3. The number of carboxylic acid groups (broad SMARTS) is 1. The van der Waals surface area contributed by atoms with Gasteiger partial charge in [0.05, 0.1) is 26.4 Å². The predicted molar refractivity (Wildman–Crippen MR) is 147 cm³/mol. The van der Waals surface area contributed by atoms with Crippen molar-refractivity contribution in [3.8, 4) is 5.75 Å². The van der Waals surface area contributed by atoms with Crippen LogP contribution in [-0.4, -0.2) is 41.0 Å². The molecule has 0 saturated carbocycles. The van der Waals surface area contributed by atoms with Gasteiger partial charge in [-0.25, -0.2) is 14.4 Å². The molecule has 37 heavy (non-hydrogen) atoms. The van der Waals surface area contributed by atoms with Crippen molar-refractivity contribution >= 4 is 75.1 Å². The highest BCUT2D eigenvalue weighted by Gasteiger charge is 2.34. The Hall–Kier alpha value is -3.40. The Morgan fingerprint density at radius 3 is 2.51 bits per heavy atom. The van der Waals surface area contributed by atoms with Crippen molar-refractivity contribution in [3.05, 3.63) is 89.6 Å². The molecule has 12 heteroatoms. The molecule has 0 atom stereocenters. The molecule has 10 nitrogen and oxygen atoms in total. The third-order valence-corrected chi connectivity index (χ3v) is 6.82. The van der Waals surface area contributed by atoms with Gasteiger partial charge in [0, 0.05) is 0 Å². The van der Waals surface area contributed by atoms with Gasteiger partial charge in [0.15, 0.2) is 0 Å². The summed E-state index contributed by atoms with van der Waals surface area (Å²) in [5, 5.41) is 11.7. The number of halogens is 2. The summed E-state index contributed by atoms with van der Waals surface area (Å²) in [6.45, 7) is 0.0332. The van der Waals surface area contributed by atoms with Crippen LogP contribution in [0.3, 0.4) is 0 Å². The number of rotatable bonds is 8. The number of nitrogens with zero attached hydrogens (tertiary/aromatic N) is 1. The van der Waals surface area contributed by atoms with E-state index >= 15 is 0 Å². The van der Waals surface area contributed by atoms with E-state index in [-0.39, 0.29) is 35.9 Å². The lowest BCUT2D eigenvalue weighted by Crippen LogP contribution is -2.30. The Kier molecular flexibility index (Phi) is 8.16. The molecule has 3 aromatic rings. The average Bonchev–Trinajstić information content (AvgIpc) is 3.43. The smallest absolute Gasteiger partial charge is 0.373 e. The zero-order valence-corrected chi connectivity index (χ0v) is 23.4. The number of hydrogen-bond donors (Lipinski definition) is 2. The van der Waals surface area contributed by atoms with E-state index in [1.165, 1.54) is 25.3 Å². The molecule has 1 saturated heterocycles. The van der Waals surface area contributed by atoms with Gasteiger partial charge in [-0.15, -0.1) is 0 Å². The fraction of sp³-hybridized carbons (Fsp3) is 0.120. The maximum atomic E-state index is 12.9. The van der Waals surface area contributed by atoms with Crippen molar-refractivity contribution in [3.63, 3.8) is 0 Å². The van der Waals surface area contributed by atoms with Crippen LogP contribution < -0.4 is 10.1 Å². The third-order valence-electron chi connectivity index (χ3n) is 5.21. The summed E-state index contributed by atoms with van der Waals surface area (Å²) in [5.41, 5.74) is 1.66. The van der Waals surface area contributed by atoms with E-state index in [1.54, 1.807) is 36.4 Å². The zero-order chi connectivity index (χ0) is 26.7. The van der Waals surface area contributed by atoms with E-state index in [0.29, 0.717) is 16.9 Å². The van der Waals surface area contributed by atoms with Crippen LogP contribution in [0.4, 0.5) is 4.79 Å². The van der Waals surface area contributed by atoms with E-state index < -0.39 is 23.9 Å². The molecular formula is C25H18I2N2O8. The number of urea groups is 1. The van der Waals surface area contributed by atoms with Crippen LogP contribution in [0.2, 0.25) is 0 Å². The molecule has 0 radical (unpaired) electrons. The van der Waals surface area contributed by atoms with Gasteiger partial charge in [-0.3, -0.25) is 9.69 Å². The largest absolute Gasteiger partial charge is 0.487 e. The minimum Gasteiger partial charge on any atom is -0.487 e. The van der Waals surface area contributed by atoms with Crippen molar-refractivity contribution in [2.75, 3.05) is 7.11 Å². The second-order valence-corrected chi connectivity index (χ2v) is 10.1. The first-order valence-corrected chi connectivity index (χ1v) is 12.8. The van der Waals surface area contributed by atoms with E-state index in [4.69, 9.17) is 14.3 Å². The van der Waals surface area contributed by atoms with Crippen LogP contribution in [0.15, 0.2) is 58.6 Å². The first-order chi connectivity index (χ1) is 17.7. The van der Waals surface area contributed by atoms with E-state index in [1.807, 2.05) is 0 Å². The highest BCUT2D eigenvalue weighted by Crippen LogP contribution is 2.31. The molecule has 190 valence electrons. The number of carbonyl (C=O) groups excluding carboxylic acids is 3. The van der Waals surface area contributed by atoms with Crippen LogP contribution in [0.5, 0.6) is 5.75 Å². The molecule has 0 bridgehead atoms. The van der Waals surface area contributed by atoms with Crippen LogP contribution in [0, 0.1) is 7.14 Å². The Balaban J connectivity index is 1.47. The zero-order valence-electron chi connectivity index (χ0n) is 19.1. The average molecular weight is 728 g/mol.